The molecule has 0 atom stereocenters. The molecular formula is C17H14N4O. The number of carbonyl (C=O) groups excluding carboxylic acids is 1. The van der Waals surface area contributed by atoms with E-state index in [4.69, 9.17) is 10.5 Å². The predicted molar refractivity (Wildman–Crippen MR) is 81.7 cm³/mol. The second kappa shape index (κ2) is 7.56. The summed E-state index contributed by atoms with van der Waals surface area (Å²) in [6.07, 6.45) is 3.54. The van der Waals surface area contributed by atoms with Crippen molar-refractivity contribution in [2.45, 2.75) is 19.3 Å². The van der Waals surface area contributed by atoms with Gasteiger partial charge in [0.05, 0.1) is 11.1 Å². The lowest BCUT2D eigenvalue weighted by Crippen LogP contribution is -2.11. The lowest BCUT2D eigenvalue weighted by Gasteiger charge is -2.06. The Balaban J connectivity index is 1.87. The molecule has 2 aromatic rings. The zero-order valence-electron chi connectivity index (χ0n) is 11.9. The number of benzene rings is 1. The number of aromatic nitrogens is 1. The number of aryl methyl sites for hydroxylation is 1. The second-order valence-electron chi connectivity index (χ2n) is 4.71. The Morgan fingerprint density at radius 2 is 1.95 bits per heavy atom. The average Bonchev–Trinajstić information content (AvgIpc) is 2.55. The summed E-state index contributed by atoms with van der Waals surface area (Å²) in [6.45, 7) is 0. The molecular weight excluding hydrogens is 276 g/mol. The van der Waals surface area contributed by atoms with Gasteiger partial charge in [-0.3, -0.25) is 9.78 Å². The molecule has 0 aliphatic rings. The molecule has 0 saturated heterocycles. The molecule has 1 amide bonds. The number of hydrogen-bond donors (Lipinski definition) is 1. The van der Waals surface area contributed by atoms with Gasteiger partial charge in [-0.25, -0.2) is 0 Å². The summed E-state index contributed by atoms with van der Waals surface area (Å²) in [5, 5.41) is 20.5. The average molecular weight is 290 g/mol. The third kappa shape index (κ3) is 4.16. The van der Waals surface area contributed by atoms with Gasteiger partial charge in [0.2, 0.25) is 5.91 Å². The van der Waals surface area contributed by atoms with Crippen LogP contribution in [-0.4, -0.2) is 10.9 Å². The van der Waals surface area contributed by atoms with Crippen LogP contribution in [-0.2, 0) is 11.2 Å². The van der Waals surface area contributed by atoms with Crippen molar-refractivity contribution < 1.29 is 4.79 Å². The molecule has 0 radical (unpaired) electrons. The van der Waals surface area contributed by atoms with E-state index >= 15 is 0 Å². The highest BCUT2D eigenvalue weighted by molar-refractivity contribution is 5.91. The van der Waals surface area contributed by atoms with E-state index in [2.05, 4.69) is 10.3 Å². The van der Waals surface area contributed by atoms with Crippen LogP contribution in [0.3, 0.4) is 0 Å². The van der Waals surface area contributed by atoms with Crippen molar-refractivity contribution in [1.29, 1.82) is 10.5 Å². The summed E-state index contributed by atoms with van der Waals surface area (Å²) in [7, 11) is 0. The molecule has 1 aromatic carbocycles. The van der Waals surface area contributed by atoms with Crippen molar-refractivity contribution in [3.8, 4) is 12.1 Å². The molecule has 0 aliphatic heterocycles. The van der Waals surface area contributed by atoms with Crippen molar-refractivity contribution in [3.63, 3.8) is 0 Å². The monoisotopic (exact) mass is 290 g/mol. The van der Waals surface area contributed by atoms with Crippen LogP contribution in [0.5, 0.6) is 0 Å². The molecule has 5 heteroatoms. The third-order valence-corrected chi connectivity index (χ3v) is 3.11. The van der Waals surface area contributed by atoms with Crippen molar-refractivity contribution >= 4 is 11.6 Å². The van der Waals surface area contributed by atoms with E-state index in [1.165, 1.54) is 12.1 Å². The maximum absolute atomic E-state index is 11.9. The lowest BCUT2D eigenvalue weighted by molar-refractivity contribution is -0.116. The van der Waals surface area contributed by atoms with Gasteiger partial charge in [-0.2, -0.15) is 10.5 Å². The van der Waals surface area contributed by atoms with Gasteiger partial charge in [-0.05, 0) is 43.2 Å². The Morgan fingerprint density at radius 3 is 2.64 bits per heavy atom. The number of pyridine rings is 1. The Morgan fingerprint density at radius 1 is 1.14 bits per heavy atom. The van der Waals surface area contributed by atoms with E-state index in [1.54, 1.807) is 12.3 Å². The van der Waals surface area contributed by atoms with Crippen LogP contribution in [0, 0.1) is 22.7 Å². The van der Waals surface area contributed by atoms with E-state index in [0.717, 1.165) is 12.1 Å². The number of nitriles is 2. The first-order valence-corrected chi connectivity index (χ1v) is 6.87. The van der Waals surface area contributed by atoms with Crippen LogP contribution in [0.15, 0.2) is 42.6 Å². The van der Waals surface area contributed by atoms with Crippen LogP contribution in [0.1, 0.15) is 29.7 Å². The van der Waals surface area contributed by atoms with Gasteiger partial charge in [0.15, 0.2) is 0 Å². The van der Waals surface area contributed by atoms with Crippen LogP contribution >= 0.6 is 0 Å². The summed E-state index contributed by atoms with van der Waals surface area (Å²) in [5.41, 5.74) is 2.04. The van der Waals surface area contributed by atoms with E-state index in [9.17, 15) is 4.79 Å². The molecule has 0 aliphatic carbocycles. The summed E-state index contributed by atoms with van der Waals surface area (Å²) in [6, 6.07) is 14.2. The topological polar surface area (TPSA) is 89.6 Å². The van der Waals surface area contributed by atoms with Crippen molar-refractivity contribution in [2.75, 3.05) is 5.32 Å². The number of rotatable bonds is 5. The minimum Gasteiger partial charge on any atom is -0.326 e. The minimum absolute atomic E-state index is 0.121. The quantitative estimate of drug-likeness (QED) is 0.916. The fourth-order valence-corrected chi connectivity index (χ4v) is 2.01. The smallest absolute Gasteiger partial charge is 0.224 e. The minimum atomic E-state index is -0.121. The van der Waals surface area contributed by atoms with Gasteiger partial charge in [-0.15, -0.1) is 0 Å². The van der Waals surface area contributed by atoms with Gasteiger partial charge >= 0.3 is 0 Å². The zero-order valence-corrected chi connectivity index (χ0v) is 11.9. The first kappa shape index (κ1) is 15.2. The van der Waals surface area contributed by atoms with E-state index < -0.39 is 0 Å². The largest absolute Gasteiger partial charge is 0.326 e. The highest BCUT2D eigenvalue weighted by atomic mass is 16.1. The molecule has 0 spiro atoms. The highest BCUT2D eigenvalue weighted by Gasteiger charge is 2.06. The number of amides is 1. The predicted octanol–water partition coefficient (Wildman–Crippen LogP) is 2.79. The van der Waals surface area contributed by atoms with E-state index in [1.807, 2.05) is 30.3 Å². The lowest BCUT2D eigenvalue weighted by atomic mass is 10.1. The van der Waals surface area contributed by atoms with Gasteiger partial charge in [0.25, 0.3) is 0 Å². The molecule has 108 valence electrons. The summed E-state index contributed by atoms with van der Waals surface area (Å²) < 4.78 is 0. The fourth-order valence-electron chi connectivity index (χ4n) is 2.01. The number of hydrogen-bond acceptors (Lipinski definition) is 4. The number of anilines is 1. The number of carbonyl (C=O) groups is 1. The Hall–Kier alpha value is -3.18. The van der Waals surface area contributed by atoms with Gasteiger partial charge < -0.3 is 5.32 Å². The molecule has 0 bridgehead atoms. The Labute approximate surface area is 128 Å². The summed E-state index contributed by atoms with van der Waals surface area (Å²) >= 11 is 0. The third-order valence-electron chi connectivity index (χ3n) is 3.11. The molecule has 5 nitrogen and oxygen atoms in total. The molecule has 2 rings (SSSR count). The van der Waals surface area contributed by atoms with Crippen LogP contribution in [0.4, 0.5) is 5.69 Å². The summed E-state index contributed by atoms with van der Waals surface area (Å²) in [5.74, 6) is -0.121. The normalized spacial score (nSPS) is 9.55. The first-order chi connectivity index (χ1) is 10.7. The number of nitrogens with zero attached hydrogens (tertiary/aromatic N) is 3. The van der Waals surface area contributed by atoms with E-state index in [0.29, 0.717) is 24.1 Å². The highest BCUT2D eigenvalue weighted by Crippen LogP contribution is 2.15. The standard InChI is InChI=1S/C17H14N4O/c18-11-13-7-8-16(10-14(13)12-19)21-17(22)6-3-5-15-4-1-2-9-20-15/h1-2,4,7-10H,3,5-6H2,(H,21,22). The Kier molecular flexibility index (Phi) is 5.23. The molecule has 0 saturated carbocycles. The maximum Gasteiger partial charge on any atom is 0.224 e. The number of nitrogens with one attached hydrogen (secondary N) is 1. The second-order valence-corrected chi connectivity index (χ2v) is 4.71. The van der Waals surface area contributed by atoms with Gasteiger partial charge in [0.1, 0.15) is 12.1 Å². The molecule has 0 fully saturated rings. The SMILES string of the molecule is N#Cc1ccc(NC(=O)CCCc2ccccn2)cc1C#N. The molecule has 1 heterocycles. The van der Waals surface area contributed by atoms with Gasteiger partial charge in [-0.1, -0.05) is 6.07 Å². The van der Waals surface area contributed by atoms with Gasteiger partial charge in [0, 0.05) is 24.0 Å². The van der Waals surface area contributed by atoms with Crippen LogP contribution in [0.2, 0.25) is 0 Å². The van der Waals surface area contributed by atoms with Crippen molar-refractivity contribution in [1.82, 2.24) is 4.98 Å². The van der Waals surface area contributed by atoms with Crippen LogP contribution in [0.25, 0.3) is 0 Å². The van der Waals surface area contributed by atoms with Crippen molar-refractivity contribution in [3.05, 3.63) is 59.4 Å². The Bertz CT molecular complexity index is 741. The van der Waals surface area contributed by atoms with E-state index in [-0.39, 0.29) is 11.5 Å². The molecule has 1 N–H and O–H groups in total. The molecule has 1 aromatic heterocycles. The van der Waals surface area contributed by atoms with Crippen LogP contribution < -0.4 is 5.32 Å². The first-order valence-electron chi connectivity index (χ1n) is 6.87. The zero-order chi connectivity index (χ0) is 15.8. The molecule has 0 unspecified atom stereocenters. The summed E-state index contributed by atoms with van der Waals surface area (Å²) in [4.78, 5) is 16.1. The fraction of sp³-hybridized carbons (Fsp3) is 0.176. The maximum atomic E-state index is 11.9. The van der Waals surface area contributed by atoms with Crippen molar-refractivity contribution in [2.24, 2.45) is 0 Å². The molecule has 22 heavy (non-hydrogen) atoms.